The molecule has 0 radical (unpaired) electrons. The number of anilines is 2. The van der Waals surface area contributed by atoms with Crippen LogP contribution in [0.5, 0.6) is 0 Å². The Morgan fingerprint density at radius 3 is 2.86 bits per heavy atom. The molecule has 7 nitrogen and oxygen atoms in total. The number of H-pyrrole nitrogens is 1. The Morgan fingerprint density at radius 1 is 1.21 bits per heavy atom. The molecule has 28 heavy (non-hydrogen) atoms. The molecule has 0 bridgehead atoms. The van der Waals surface area contributed by atoms with E-state index in [2.05, 4.69) is 27.4 Å². The molecule has 0 spiro atoms. The molecule has 0 saturated carbocycles. The van der Waals surface area contributed by atoms with Gasteiger partial charge in [0.05, 0.1) is 5.75 Å². The average Bonchev–Trinajstić information content (AvgIpc) is 3.29. The third-order valence-corrected chi connectivity index (χ3v) is 5.94. The standard InChI is InChI=1S/C20H23N5O2S/c1-24-8-7-21-18(24)13-28-10-9-25-19(26)12-17(23-20(25)27)22-16-6-5-14-3-2-4-15(14)11-16/h5-8,11-12,22H,2-4,9-10,13H2,1H3,(H,23,27). The lowest BCUT2D eigenvalue weighted by Crippen LogP contribution is -2.35. The van der Waals surface area contributed by atoms with Crippen molar-refractivity contribution >= 4 is 23.3 Å². The molecule has 8 heteroatoms. The molecule has 2 aromatic heterocycles. The Morgan fingerprint density at radius 2 is 2.07 bits per heavy atom. The first kappa shape index (κ1) is 18.6. The van der Waals surface area contributed by atoms with Crippen molar-refractivity contribution in [3.63, 3.8) is 0 Å². The second kappa shape index (κ2) is 8.10. The van der Waals surface area contributed by atoms with Crippen LogP contribution in [0.25, 0.3) is 0 Å². The number of aromatic nitrogens is 4. The van der Waals surface area contributed by atoms with Gasteiger partial charge in [0.25, 0.3) is 5.56 Å². The zero-order chi connectivity index (χ0) is 19.5. The van der Waals surface area contributed by atoms with Crippen molar-refractivity contribution in [3.8, 4) is 0 Å². The second-order valence-electron chi connectivity index (χ2n) is 6.95. The molecular formula is C20H23N5O2S. The van der Waals surface area contributed by atoms with Crippen molar-refractivity contribution in [1.82, 2.24) is 19.1 Å². The molecule has 1 aromatic carbocycles. The van der Waals surface area contributed by atoms with Crippen LogP contribution < -0.4 is 16.6 Å². The quantitative estimate of drug-likeness (QED) is 0.598. The minimum absolute atomic E-state index is 0.301. The number of hydrogen-bond donors (Lipinski definition) is 2. The zero-order valence-electron chi connectivity index (χ0n) is 15.8. The van der Waals surface area contributed by atoms with Crippen molar-refractivity contribution in [2.45, 2.75) is 31.6 Å². The van der Waals surface area contributed by atoms with Gasteiger partial charge < -0.3 is 9.88 Å². The van der Waals surface area contributed by atoms with Crippen LogP contribution in [-0.4, -0.2) is 24.9 Å². The number of imidazole rings is 1. The molecule has 4 rings (SSSR count). The fourth-order valence-electron chi connectivity index (χ4n) is 3.46. The summed E-state index contributed by atoms with van der Waals surface area (Å²) in [5, 5.41) is 3.15. The van der Waals surface area contributed by atoms with Gasteiger partial charge in [0.15, 0.2) is 0 Å². The van der Waals surface area contributed by atoms with E-state index in [1.54, 1.807) is 18.0 Å². The van der Waals surface area contributed by atoms with Crippen LogP contribution in [0.1, 0.15) is 23.4 Å². The highest BCUT2D eigenvalue weighted by Crippen LogP contribution is 2.25. The number of nitrogens with one attached hydrogen (secondary N) is 2. The smallest absolute Gasteiger partial charge is 0.329 e. The van der Waals surface area contributed by atoms with Crippen LogP contribution in [0, 0.1) is 0 Å². The van der Waals surface area contributed by atoms with E-state index >= 15 is 0 Å². The highest BCUT2D eigenvalue weighted by Gasteiger charge is 2.11. The average molecular weight is 398 g/mol. The molecule has 0 saturated heterocycles. The molecule has 1 aliphatic carbocycles. The van der Waals surface area contributed by atoms with Crippen molar-refractivity contribution in [3.05, 3.63) is 74.4 Å². The lowest BCUT2D eigenvalue weighted by Gasteiger charge is -2.10. The van der Waals surface area contributed by atoms with Gasteiger partial charge in [-0.3, -0.25) is 14.3 Å². The molecule has 0 aliphatic heterocycles. The van der Waals surface area contributed by atoms with E-state index in [-0.39, 0.29) is 5.56 Å². The molecular weight excluding hydrogens is 374 g/mol. The molecule has 0 atom stereocenters. The third kappa shape index (κ3) is 4.06. The Balaban J connectivity index is 1.39. The van der Waals surface area contributed by atoms with E-state index in [1.807, 2.05) is 23.9 Å². The predicted octanol–water partition coefficient (Wildman–Crippen LogP) is 2.44. The number of benzene rings is 1. The fraction of sp³-hybridized carbons (Fsp3) is 0.350. The minimum atomic E-state index is -0.395. The Labute approximate surface area is 166 Å². The molecule has 2 heterocycles. The topological polar surface area (TPSA) is 84.7 Å². The molecule has 0 fully saturated rings. The van der Waals surface area contributed by atoms with Crippen LogP contribution in [0.2, 0.25) is 0 Å². The Kier molecular flexibility index (Phi) is 5.38. The molecule has 146 valence electrons. The second-order valence-corrected chi connectivity index (χ2v) is 8.05. The monoisotopic (exact) mass is 397 g/mol. The third-order valence-electron chi connectivity index (χ3n) is 5.01. The summed E-state index contributed by atoms with van der Waals surface area (Å²) in [6, 6.07) is 7.64. The van der Waals surface area contributed by atoms with Crippen LogP contribution in [0.15, 0.2) is 46.2 Å². The summed E-state index contributed by atoms with van der Waals surface area (Å²) in [6.45, 7) is 0.363. The van der Waals surface area contributed by atoms with Crippen LogP contribution >= 0.6 is 11.8 Å². The van der Waals surface area contributed by atoms with E-state index in [9.17, 15) is 9.59 Å². The summed E-state index contributed by atoms with van der Waals surface area (Å²) in [5.41, 5.74) is 2.92. The van der Waals surface area contributed by atoms with E-state index < -0.39 is 5.69 Å². The van der Waals surface area contributed by atoms with E-state index in [0.29, 0.717) is 18.1 Å². The van der Waals surface area contributed by atoms with Gasteiger partial charge in [0, 0.05) is 43.5 Å². The maximum Gasteiger partial charge on any atom is 0.329 e. The van der Waals surface area contributed by atoms with Crippen molar-refractivity contribution in [1.29, 1.82) is 0 Å². The van der Waals surface area contributed by atoms with Gasteiger partial charge in [0.1, 0.15) is 11.6 Å². The zero-order valence-corrected chi connectivity index (χ0v) is 16.6. The lowest BCUT2D eigenvalue weighted by molar-refractivity contribution is 0.681. The molecule has 2 N–H and O–H groups in total. The summed E-state index contributed by atoms with van der Waals surface area (Å²) >= 11 is 1.64. The SMILES string of the molecule is Cn1ccnc1CSCCn1c(=O)cc(Nc2ccc3c(c2)CCC3)[nH]c1=O. The van der Waals surface area contributed by atoms with Gasteiger partial charge in [-0.25, -0.2) is 9.78 Å². The number of aromatic amines is 1. The van der Waals surface area contributed by atoms with Crippen molar-refractivity contribution in [2.24, 2.45) is 7.05 Å². The fourth-order valence-corrected chi connectivity index (χ4v) is 4.38. The summed E-state index contributed by atoms with van der Waals surface area (Å²) in [7, 11) is 1.95. The van der Waals surface area contributed by atoms with E-state index in [0.717, 1.165) is 30.1 Å². The van der Waals surface area contributed by atoms with Gasteiger partial charge in [-0.1, -0.05) is 6.07 Å². The number of rotatable bonds is 7. The maximum atomic E-state index is 12.4. The Bertz CT molecular complexity index is 1070. The minimum Gasteiger partial charge on any atom is -0.342 e. The highest BCUT2D eigenvalue weighted by atomic mass is 32.2. The van der Waals surface area contributed by atoms with Crippen LogP contribution in [-0.2, 0) is 32.2 Å². The predicted molar refractivity (Wildman–Crippen MR) is 112 cm³/mol. The van der Waals surface area contributed by atoms with Crippen LogP contribution in [0.4, 0.5) is 11.5 Å². The first-order valence-corrected chi connectivity index (χ1v) is 10.5. The molecule has 3 aromatic rings. The molecule has 0 amide bonds. The number of nitrogens with zero attached hydrogens (tertiary/aromatic N) is 3. The van der Waals surface area contributed by atoms with Crippen molar-refractivity contribution < 1.29 is 0 Å². The van der Waals surface area contributed by atoms with Gasteiger partial charge in [0.2, 0.25) is 0 Å². The first-order valence-electron chi connectivity index (χ1n) is 9.37. The largest absolute Gasteiger partial charge is 0.342 e. The maximum absolute atomic E-state index is 12.4. The van der Waals surface area contributed by atoms with Gasteiger partial charge in [-0.05, 0) is 42.5 Å². The number of thioether (sulfide) groups is 1. The number of aryl methyl sites for hydroxylation is 3. The number of fused-ring (bicyclic) bond motifs is 1. The Hall–Kier alpha value is -2.74. The molecule has 0 unspecified atom stereocenters. The van der Waals surface area contributed by atoms with Gasteiger partial charge in [-0.15, -0.1) is 0 Å². The highest BCUT2D eigenvalue weighted by molar-refractivity contribution is 7.98. The van der Waals surface area contributed by atoms with Gasteiger partial charge in [-0.2, -0.15) is 11.8 Å². The summed E-state index contributed by atoms with van der Waals surface area (Å²) in [4.78, 5) is 31.8. The van der Waals surface area contributed by atoms with Crippen LogP contribution in [0.3, 0.4) is 0 Å². The summed E-state index contributed by atoms with van der Waals surface area (Å²) < 4.78 is 3.20. The van der Waals surface area contributed by atoms with Gasteiger partial charge >= 0.3 is 5.69 Å². The molecule has 1 aliphatic rings. The summed E-state index contributed by atoms with van der Waals surface area (Å²) in [5.74, 6) is 2.80. The van der Waals surface area contributed by atoms with E-state index in [1.165, 1.54) is 28.2 Å². The van der Waals surface area contributed by atoms with Crippen molar-refractivity contribution in [2.75, 3.05) is 11.1 Å². The first-order chi connectivity index (χ1) is 13.6. The number of hydrogen-bond acceptors (Lipinski definition) is 5. The lowest BCUT2D eigenvalue weighted by atomic mass is 10.1. The normalized spacial score (nSPS) is 12.9. The summed E-state index contributed by atoms with van der Waals surface area (Å²) in [6.07, 6.45) is 7.05. The van der Waals surface area contributed by atoms with E-state index in [4.69, 9.17) is 0 Å².